The predicted octanol–water partition coefficient (Wildman–Crippen LogP) is 4.90. The number of rotatable bonds is 5. The van der Waals surface area contributed by atoms with Gasteiger partial charge in [-0.2, -0.15) is 0 Å². The van der Waals surface area contributed by atoms with Gasteiger partial charge in [-0.05, 0) is 43.3 Å². The van der Waals surface area contributed by atoms with Gasteiger partial charge in [-0.3, -0.25) is 0 Å². The Bertz CT molecular complexity index is 1330. The van der Waals surface area contributed by atoms with Crippen molar-refractivity contribution < 1.29 is 4.74 Å². The molecule has 0 saturated heterocycles. The van der Waals surface area contributed by atoms with Gasteiger partial charge < -0.3 is 25.3 Å². The van der Waals surface area contributed by atoms with Crippen LogP contribution in [0.3, 0.4) is 0 Å². The first-order chi connectivity index (χ1) is 14.6. The topological polar surface area (TPSA) is 71.1 Å². The van der Waals surface area contributed by atoms with E-state index in [2.05, 4.69) is 74.5 Å². The molecule has 0 spiro atoms. The molecule has 0 fully saturated rings. The second kappa shape index (κ2) is 7.30. The summed E-state index contributed by atoms with van der Waals surface area (Å²) in [4.78, 5) is 0. The molecule has 5 aromatic rings. The molecule has 0 aliphatic heterocycles. The van der Waals surface area contributed by atoms with Crippen molar-refractivity contribution in [2.75, 3.05) is 20.2 Å². The SMILES string of the molecule is COc1c2c(cc3c4cc(Br)ccc4n(CCN)c13)c1cc(C)ccc1n2CCN. The number of hydrogen-bond donors (Lipinski definition) is 2. The molecule has 2 heterocycles. The Kier molecular flexibility index (Phi) is 4.73. The second-order valence-corrected chi connectivity index (χ2v) is 8.68. The molecule has 3 aromatic carbocycles. The Hall–Kier alpha value is -2.54. The first kappa shape index (κ1) is 19.4. The average Bonchev–Trinajstić information content (AvgIpc) is 3.20. The first-order valence-corrected chi connectivity index (χ1v) is 11.0. The monoisotopic (exact) mass is 464 g/mol. The van der Waals surface area contributed by atoms with Crippen molar-refractivity contribution in [1.82, 2.24) is 9.13 Å². The Morgan fingerprint density at radius 1 is 0.800 bits per heavy atom. The summed E-state index contributed by atoms with van der Waals surface area (Å²) in [5.41, 5.74) is 17.8. The zero-order valence-corrected chi connectivity index (χ0v) is 18.8. The minimum atomic E-state index is 0.557. The third-order valence-corrected chi connectivity index (χ3v) is 6.44. The van der Waals surface area contributed by atoms with Crippen LogP contribution in [0.2, 0.25) is 0 Å². The highest BCUT2D eigenvalue weighted by Crippen LogP contribution is 2.44. The van der Waals surface area contributed by atoms with Crippen molar-refractivity contribution in [1.29, 1.82) is 0 Å². The van der Waals surface area contributed by atoms with Crippen molar-refractivity contribution in [3.8, 4) is 5.75 Å². The van der Waals surface area contributed by atoms with Gasteiger partial charge in [-0.1, -0.05) is 27.6 Å². The highest BCUT2D eigenvalue weighted by atomic mass is 79.9. The molecule has 6 heteroatoms. The molecule has 0 saturated carbocycles. The van der Waals surface area contributed by atoms with Gasteiger partial charge in [0.15, 0.2) is 5.75 Å². The van der Waals surface area contributed by atoms with Crippen LogP contribution in [0.15, 0.2) is 46.9 Å². The van der Waals surface area contributed by atoms with Crippen molar-refractivity contribution in [3.63, 3.8) is 0 Å². The van der Waals surface area contributed by atoms with Crippen LogP contribution in [0.1, 0.15) is 5.56 Å². The number of nitrogens with zero attached hydrogens (tertiary/aromatic N) is 2. The van der Waals surface area contributed by atoms with E-state index in [1.165, 1.54) is 32.6 Å². The van der Waals surface area contributed by atoms with E-state index in [-0.39, 0.29) is 0 Å². The summed E-state index contributed by atoms with van der Waals surface area (Å²) < 4.78 is 11.7. The molecule has 5 rings (SSSR count). The highest BCUT2D eigenvalue weighted by molar-refractivity contribution is 9.10. The number of benzene rings is 3. The molecule has 0 aliphatic carbocycles. The Morgan fingerprint density at radius 2 is 1.37 bits per heavy atom. The van der Waals surface area contributed by atoms with Gasteiger partial charge in [0, 0.05) is 63.2 Å². The normalized spacial score (nSPS) is 12.0. The quantitative estimate of drug-likeness (QED) is 0.388. The molecule has 4 N–H and O–H groups in total. The number of ether oxygens (including phenoxy) is 1. The van der Waals surface area contributed by atoms with Crippen LogP contribution in [0.5, 0.6) is 5.75 Å². The van der Waals surface area contributed by atoms with Crippen molar-refractivity contribution in [3.05, 3.63) is 52.5 Å². The van der Waals surface area contributed by atoms with E-state index in [9.17, 15) is 0 Å². The summed E-state index contributed by atoms with van der Waals surface area (Å²) in [5.74, 6) is 0.880. The summed E-state index contributed by atoms with van der Waals surface area (Å²) in [5, 5.41) is 4.80. The van der Waals surface area contributed by atoms with E-state index in [0.29, 0.717) is 13.1 Å². The van der Waals surface area contributed by atoms with Crippen LogP contribution in [0.4, 0.5) is 0 Å². The fraction of sp³-hybridized carbons (Fsp3) is 0.250. The van der Waals surface area contributed by atoms with Gasteiger partial charge >= 0.3 is 0 Å². The fourth-order valence-corrected chi connectivity index (χ4v) is 5.16. The average molecular weight is 465 g/mol. The first-order valence-electron chi connectivity index (χ1n) is 10.2. The molecule has 154 valence electrons. The zero-order valence-electron chi connectivity index (χ0n) is 17.2. The van der Waals surface area contributed by atoms with Crippen molar-refractivity contribution in [2.45, 2.75) is 20.0 Å². The summed E-state index contributed by atoms with van der Waals surface area (Å²) in [7, 11) is 1.75. The number of aromatic nitrogens is 2. The third kappa shape index (κ3) is 2.68. The van der Waals surface area contributed by atoms with Crippen LogP contribution in [0.25, 0.3) is 43.6 Å². The Balaban J connectivity index is 2.07. The Morgan fingerprint density at radius 3 is 1.93 bits per heavy atom. The maximum Gasteiger partial charge on any atom is 0.167 e. The van der Waals surface area contributed by atoms with Crippen LogP contribution in [0, 0.1) is 6.92 Å². The highest BCUT2D eigenvalue weighted by Gasteiger charge is 2.22. The maximum atomic E-state index is 6.10. The molecule has 2 aromatic heterocycles. The lowest BCUT2D eigenvalue weighted by molar-refractivity contribution is 0.420. The van der Waals surface area contributed by atoms with Crippen LogP contribution in [-0.2, 0) is 13.1 Å². The van der Waals surface area contributed by atoms with E-state index >= 15 is 0 Å². The van der Waals surface area contributed by atoms with Gasteiger partial charge in [-0.15, -0.1) is 0 Å². The Labute approximate surface area is 183 Å². The largest absolute Gasteiger partial charge is 0.492 e. The smallest absolute Gasteiger partial charge is 0.167 e. The number of methoxy groups -OCH3 is 1. The summed E-state index contributed by atoms with van der Waals surface area (Å²) in [6, 6.07) is 15.3. The van der Waals surface area contributed by atoms with Crippen LogP contribution < -0.4 is 16.2 Å². The number of fused-ring (bicyclic) bond motifs is 6. The summed E-state index contributed by atoms with van der Waals surface area (Å²) >= 11 is 3.64. The standard InChI is InChI=1S/C24H25BrN4O/c1-14-3-5-20-16(11-14)18-13-19-17-12-15(25)4-6-21(17)29(10-8-27)23(19)24(30-2)22(18)28(20)9-7-26/h3-6,11-13H,7-10,26-27H2,1-2H3. The van der Waals surface area contributed by atoms with Gasteiger partial charge in [0.25, 0.3) is 0 Å². The number of hydrogen-bond acceptors (Lipinski definition) is 3. The fourth-order valence-electron chi connectivity index (χ4n) is 4.80. The molecule has 0 radical (unpaired) electrons. The van der Waals surface area contributed by atoms with E-state index in [0.717, 1.165) is 39.9 Å². The predicted molar refractivity (Wildman–Crippen MR) is 130 cm³/mol. The third-order valence-electron chi connectivity index (χ3n) is 5.95. The minimum absolute atomic E-state index is 0.557. The lowest BCUT2D eigenvalue weighted by Gasteiger charge is -2.13. The molecular weight excluding hydrogens is 440 g/mol. The maximum absolute atomic E-state index is 6.10. The molecule has 5 nitrogen and oxygen atoms in total. The van der Waals surface area contributed by atoms with Gasteiger partial charge in [0.1, 0.15) is 0 Å². The van der Waals surface area contributed by atoms with Gasteiger partial charge in [0.05, 0.1) is 18.1 Å². The van der Waals surface area contributed by atoms with Crippen LogP contribution in [-0.4, -0.2) is 29.3 Å². The summed E-state index contributed by atoms with van der Waals surface area (Å²) in [6.45, 7) is 4.70. The van der Waals surface area contributed by atoms with Gasteiger partial charge in [-0.25, -0.2) is 0 Å². The number of aryl methyl sites for hydroxylation is 1. The minimum Gasteiger partial charge on any atom is -0.492 e. The summed E-state index contributed by atoms with van der Waals surface area (Å²) in [6.07, 6.45) is 0. The van der Waals surface area contributed by atoms with Crippen molar-refractivity contribution in [2.24, 2.45) is 11.5 Å². The molecule has 0 atom stereocenters. The van der Waals surface area contributed by atoms with E-state index in [1.54, 1.807) is 7.11 Å². The van der Waals surface area contributed by atoms with E-state index < -0.39 is 0 Å². The molecule has 0 aliphatic rings. The van der Waals surface area contributed by atoms with E-state index in [4.69, 9.17) is 16.2 Å². The molecule has 0 unspecified atom stereocenters. The number of nitrogens with two attached hydrogens (primary N) is 2. The van der Waals surface area contributed by atoms with E-state index in [1.807, 2.05) is 0 Å². The molecule has 30 heavy (non-hydrogen) atoms. The molecular formula is C24H25BrN4O. The zero-order chi connectivity index (χ0) is 21.0. The lowest BCUT2D eigenvalue weighted by Crippen LogP contribution is -2.11. The molecule has 0 amide bonds. The van der Waals surface area contributed by atoms with Crippen molar-refractivity contribution >= 4 is 59.5 Å². The van der Waals surface area contributed by atoms with Gasteiger partial charge in [0.2, 0.25) is 0 Å². The lowest BCUT2D eigenvalue weighted by atomic mass is 10.1. The second-order valence-electron chi connectivity index (χ2n) is 7.76. The number of halogens is 1. The van der Waals surface area contributed by atoms with Crippen LogP contribution >= 0.6 is 15.9 Å². The molecule has 0 bridgehead atoms.